The molecular formula is C16H14BrFN2. The molecule has 2 aromatic rings. The highest BCUT2D eigenvalue weighted by atomic mass is 79.9. The van der Waals surface area contributed by atoms with Crippen molar-refractivity contribution in [2.45, 2.75) is 19.4 Å². The number of hydrogen-bond acceptors (Lipinski definition) is 2. The van der Waals surface area contributed by atoms with E-state index in [0.717, 1.165) is 16.6 Å². The highest BCUT2D eigenvalue weighted by molar-refractivity contribution is 9.10. The predicted octanol–water partition coefficient (Wildman–Crippen LogP) is 4.50. The molecule has 0 aromatic heterocycles. The molecule has 2 rings (SSSR count). The Morgan fingerprint density at radius 2 is 1.95 bits per heavy atom. The van der Waals surface area contributed by atoms with E-state index >= 15 is 0 Å². The van der Waals surface area contributed by atoms with E-state index in [1.54, 1.807) is 6.07 Å². The lowest BCUT2D eigenvalue weighted by Crippen LogP contribution is -2.18. The van der Waals surface area contributed by atoms with E-state index in [-0.39, 0.29) is 11.6 Å². The van der Waals surface area contributed by atoms with Gasteiger partial charge >= 0.3 is 0 Å². The average Bonchev–Trinajstić information content (AvgIpc) is 2.43. The zero-order valence-corrected chi connectivity index (χ0v) is 12.6. The van der Waals surface area contributed by atoms with Crippen LogP contribution >= 0.6 is 15.9 Å². The van der Waals surface area contributed by atoms with Crippen LogP contribution in [0.5, 0.6) is 0 Å². The number of rotatable bonds is 4. The zero-order valence-electron chi connectivity index (χ0n) is 11.0. The first-order valence-corrected chi connectivity index (χ1v) is 7.08. The molecule has 0 aliphatic rings. The Morgan fingerprint density at radius 3 is 2.60 bits per heavy atom. The molecule has 4 heteroatoms. The first kappa shape index (κ1) is 14.5. The SMILES string of the molecule is CC(Cc1ccc(Br)cc1)Nc1ccc(F)c(C#N)c1. The second kappa shape index (κ2) is 6.53. The molecule has 1 atom stereocenters. The van der Waals surface area contributed by atoms with Crippen LogP contribution in [0.2, 0.25) is 0 Å². The fraction of sp³-hybridized carbons (Fsp3) is 0.188. The van der Waals surface area contributed by atoms with Crippen molar-refractivity contribution >= 4 is 21.6 Å². The number of nitrogens with one attached hydrogen (secondary N) is 1. The summed E-state index contributed by atoms with van der Waals surface area (Å²) in [6.07, 6.45) is 0.854. The average molecular weight is 333 g/mol. The Kier molecular flexibility index (Phi) is 4.75. The van der Waals surface area contributed by atoms with Gasteiger partial charge in [0.25, 0.3) is 0 Å². The summed E-state index contributed by atoms with van der Waals surface area (Å²) in [4.78, 5) is 0. The van der Waals surface area contributed by atoms with E-state index < -0.39 is 5.82 Å². The van der Waals surface area contributed by atoms with Gasteiger partial charge in [-0.15, -0.1) is 0 Å². The molecule has 20 heavy (non-hydrogen) atoms. The van der Waals surface area contributed by atoms with Gasteiger partial charge in [0.2, 0.25) is 0 Å². The Hall–Kier alpha value is -1.86. The van der Waals surface area contributed by atoms with E-state index in [1.807, 2.05) is 18.2 Å². The van der Waals surface area contributed by atoms with Gasteiger partial charge in [0.05, 0.1) is 5.56 Å². The molecule has 2 nitrogen and oxygen atoms in total. The molecule has 0 aliphatic heterocycles. The molecule has 0 saturated carbocycles. The van der Waals surface area contributed by atoms with Crippen LogP contribution in [0, 0.1) is 17.1 Å². The van der Waals surface area contributed by atoms with E-state index in [4.69, 9.17) is 5.26 Å². The molecule has 0 amide bonds. The number of halogens is 2. The lowest BCUT2D eigenvalue weighted by Gasteiger charge is -2.15. The molecule has 0 aliphatic carbocycles. The molecule has 0 heterocycles. The molecule has 0 fully saturated rings. The first-order valence-electron chi connectivity index (χ1n) is 6.29. The number of nitrogens with zero attached hydrogens (tertiary/aromatic N) is 1. The second-order valence-electron chi connectivity index (χ2n) is 4.68. The van der Waals surface area contributed by atoms with Crippen LogP contribution in [0.25, 0.3) is 0 Å². The monoisotopic (exact) mass is 332 g/mol. The Labute approximate surface area is 126 Å². The smallest absolute Gasteiger partial charge is 0.141 e. The van der Waals surface area contributed by atoms with E-state index in [2.05, 4.69) is 40.3 Å². The van der Waals surface area contributed by atoms with Gasteiger partial charge in [0.1, 0.15) is 11.9 Å². The number of benzene rings is 2. The third-order valence-electron chi connectivity index (χ3n) is 2.96. The van der Waals surface area contributed by atoms with Gasteiger partial charge in [-0.1, -0.05) is 28.1 Å². The standard InChI is InChI=1S/C16H14BrFN2/c1-11(8-12-2-4-14(17)5-3-12)20-15-6-7-16(18)13(9-15)10-19/h2-7,9,11,20H,8H2,1H3. The predicted molar refractivity (Wildman–Crippen MR) is 82.0 cm³/mol. The summed E-state index contributed by atoms with van der Waals surface area (Å²) in [7, 11) is 0. The molecule has 0 bridgehead atoms. The van der Waals surface area contributed by atoms with Crippen LogP contribution in [-0.2, 0) is 6.42 Å². The Morgan fingerprint density at radius 1 is 1.25 bits per heavy atom. The normalized spacial score (nSPS) is 11.7. The maximum absolute atomic E-state index is 13.2. The minimum atomic E-state index is -0.487. The van der Waals surface area contributed by atoms with Crippen molar-refractivity contribution in [1.29, 1.82) is 5.26 Å². The summed E-state index contributed by atoms with van der Waals surface area (Å²) in [6, 6.07) is 14.7. The van der Waals surface area contributed by atoms with Crippen molar-refractivity contribution in [3.05, 3.63) is 63.9 Å². The quantitative estimate of drug-likeness (QED) is 0.894. The topological polar surface area (TPSA) is 35.8 Å². The van der Waals surface area contributed by atoms with Crippen molar-refractivity contribution < 1.29 is 4.39 Å². The summed E-state index contributed by atoms with van der Waals surface area (Å²) in [5.74, 6) is -0.487. The molecule has 0 radical (unpaired) electrons. The summed E-state index contributed by atoms with van der Waals surface area (Å²) in [5.41, 5.74) is 2.04. The first-order chi connectivity index (χ1) is 9.58. The lowest BCUT2D eigenvalue weighted by molar-refractivity contribution is 0.624. The van der Waals surface area contributed by atoms with Gasteiger partial charge in [0.15, 0.2) is 0 Å². The van der Waals surface area contributed by atoms with Crippen molar-refractivity contribution in [2.24, 2.45) is 0 Å². The van der Waals surface area contributed by atoms with Gasteiger partial charge in [-0.3, -0.25) is 0 Å². The third kappa shape index (κ3) is 3.82. The number of nitriles is 1. The number of anilines is 1. The van der Waals surface area contributed by atoms with Crippen molar-refractivity contribution in [1.82, 2.24) is 0 Å². The highest BCUT2D eigenvalue weighted by Gasteiger charge is 2.06. The molecule has 1 unspecified atom stereocenters. The largest absolute Gasteiger partial charge is 0.382 e. The fourth-order valence-electron chi connectivity index (χ4n) is 2.01. The van der Waals surface area contributed by atoms with Gasteiger partial charge in [-0.2, -0.15) is 5.26 Å². The highest BCUT2D eigenvalue weighted by Crippen LogP contribution is 2.17. The Bertz CT molecular complexity index is 632. The van der Waals surface area contributed by atoms with Crippen LogP contribution in [-0.4, -0.2) is 6.04 Å². The van der Waals surface area contributed by atoms with Gasteiger partial charge in [-0.05, 0) is 49.2 Å². The maximum atomic E-state index is 13.2. The zero-order chi connectivity index (χ0) is 14.5. The summed E-state index contributed by atoms with van der Waals surface area (Å²) < 4.78 is 14.3. The van der Waals surface area contributed by atoms with Crippen molar-refractivity contribution in [3.8, 4) is 6.07 Å². The molecule has 1 N–H and O–H groups in total. The second-order valence-corrected chi connectivity index (χ2v) is 5.60. The minimum absolute atomic E-state index is 0.0610. The molecule has 2 aromatic carbocycles. The Balaban J connectivity index is 2.03. The molecule has 102 valence electrons. The molecular weight excluding hydrogens is 319 g/mol. The lowest BCUT2D eigenvalue weighted by atomic mass is 10.1. The fourth-order valence-corrected chi connectivity index (χ4v) is 2.27. The van der Waals surface area contributed by atoms with Crippen LogP contribution < -0.4 is 5.32 Å². The number of hydrogen-bond donors (Lipinski definition) is 1. The van der Waals surface area contributed by atoms with E-state index in [9.17, 15) is 4.39 Å². The van der Waals surface area contributed by atoms with Crippen LogP contribution in [0.4, 0.5) is 10.1 Å². The summed E-state index contributed by atoms with van der Waals surface area (Å²) in [5, 5.41) is 12.1. The van der Waals surface area contributed by atoms with Crippen LogP contribution in [0.15, 0.2) is 46.9 Å². The van der Waals surface area contributed by atoms with E-state index in [0.29, 0.717) is 0 Å². The van der Waals surface area contributed by atoms with Crippen molar-refractivity contribution in [2.75, 3.05) is 5.32 Å². The van der Waals surface area contributed by atoms with Crippen LogP contribution in [0.1, 0.15) is 18.1 Å². The molecule has 0 saturated heterocycles. The van der Waals surface area contributed by atoms with Crippen molar-refractivity contribution in [3.63, 3.8) is 0 Å². The van der Waals surface area contributed by atoms with Gasteiger partial charge in [0, 0.05) is 16.2 Å². The third-order valence-corrected chi connectivity index (χ3v) is 3.48. The summed E-state index contributed by atoms with van der Waals surface area (Å²) in [6.45, 7) is 2.05. The molecule has 0 spiro atoms. The van der Waals surface area contributed by atoms with E-state index in [1.165, 1.54) is 17.7 Å². The summed E-state index contributed by atoms with van der Waals surface area (Å²) >= 11 is 3.41. The van der Waals surface area contributed by atoms with Gasteiger partial charge in [-0.25, -0.2) is 4.39 Å². The maximum Gasteiger partial charge on any atom is 0.141 e. The van der Waals surface area contributed by atoms with Crippen LogP contribution in [0.3, 0.4) is 0 Å². The van der Waals surface area contributed by atoms with Gasteiger partial charge < -0.3 is 5.32 Å². The minimum Gasteiger partial charge on any atom is -0.382 e.